The van der Waals surface area contributed by atoms with Crippen molar-refractivity contribution in [3.8, 4) is 0 Å². The van der Waals surface area contributed by atoms with Gasteiger partial charge in [0.05, 0.1) is 24.8 Å². The molecular formula is C26H48N2O7. The van der Waals surface area contributed by atoms with Crippen LogP contribution in [0.5, 0.6) is 0 Å². The van der Waals surface area contributed by atoms with Gasteiger partial charge in [-0.15, -0.1) is 0 Å². The van der Waals surface area contributed by atoms with Crippen molar-refractivity contribution in [1.82, 2.24) is 10.6 Å². The highest BCUT2D eigenvalue weighted by Crippen LogP contribution is 2.16. The molecule has 2 aliphatic heterocycles. The molecule has 0 aromatic carbocycles. The summed E-state index contributed by atoms with van der Waals surface area (Å²) in [6.45, 7) is 18.8. The quantitative estimate of drug-likeness (QED) is 0.301. The van der Waals surface area contributed by atoms with E-state index >= 15 is 0 Å². The van der Waals surface area contributed by atoms with Gasteiger partial charge in [-0.25, -0.2) is 14.4 Å². The molecule has 2 N–H and O–H groups in total. The zero-order valence-electron chi connectivity index (χ0n) is 21.5. The van der Waals surface area contributed by atoms with Gasteiger partial charge in [-0.05, 0) is 80.9 Å². The summed E-state index contributed by atoms with van der Waals surface area (Å²) in [5.41, 5.74) is 0.599. The van der Waals surface area contributed by atoms with Crippen molar-refractivity contribution in [3.63, 3.8) is 0 Å². The molecule has 2 rings (SSSR count). The lowest BCUT2D eigenvalue weighted by molar-refractivity contribution is -0.145. The van der Waals surface area contributed by atoms with E-state index < -0.39 is 29.5 Å². The molecule has 0 aromatic heterocycles. The Morgan fingerprint density at radius 3 is 1.71 bits per heavy atom. The molecule has 0 unspecified atom stereocenters. The SMILES string of the molecule is C.C.CC1=C[C@@H](NC(=O)OC(C)(C)C)[C@@H](C)OC1.CC1=C[C@@H](NC(=O)OC(C)(C)C)[C@@H](C)OC1=O. The molecule has 0 bridgehead atoms. The van der Waals surface area contributed by atoms with E-state index in [1.54, 1.807) is 40.7 Å². The lowest BCUT2D eigenvalue weighted by Crippen LogP contribution is -2.47. The Labute approximate surface area is 212 Å². The smallest absolute Gasteiger partial charge is 0.408 e. The van der Waals surface area contributed by atoms with Crippen LogP contribution in [0, 0.1) is 0 Å². The zero-order chi connectivity index (χ0) is 25.6. The summed E-state index contributed by atoms with van der Waals surface area (Å²) < 4.78 is 20.9. The molecule has 9 nitrogen and oxygen atoms in total. The van der Waals surface area contributed by atoms with E-state index in [-0.39, 0.29) is 39.0 Å². The van der Waals surface area contributed by atoms with Crippen LogP contribution in [0.25, 0.3) is 0 Å². The van der Waals surface area contributed by atoms with E-state index in [1.807, 2.05) is 40.7 Å². The summed E-state index contributed by atoms with van der Waals surface area (Å²) in [6.07, 6.45) is 2.36. The van der Waals surface area contributed by atoms with Gasteiger partial charge < -0.3 is 29.6 Å². The maximum Gasteiger partial charge on any atom is 0.408 e. The monoisotopic (exact) mass is 500 g/mol. The molecule has 4 atom stereocenters. The maximum atomic E-state index is 11.6. The van der Waals surface area contributed by atoms with E-state index in [0.717, 1.165) is 5.57 Å². The number of amides is 2. The fourth-order valence-electron chi connectivity index (χ4n) is 2.87. The zero-order valence-corrected chi connectivity index (χ0v) is 21.5. The van der Waals surface area contributed by atoms with E-state index in [2.05, 4.69) is 10.6 Å². The van der Waals surface area contributed by atoms with Crippen molar-refractivity contribution in [3.05, 3.63) is 23.3 Å². The summed E-state index contributed by atoms with van der Waals surface area (Å²) in [4.78, 5) is 34.3. The van der Waals surface area contributed by atoms with Gasteiger partial charge >= 0.3 is 18.2 Å². The van der Waals surface area contributed by atoms with Crippen molar-refractivity contribution in [2.75, 3.05) is 6.61 Å². The molecule has 2 heterocycles. The second-order valence-corrected chi connectivity index (χ2v) is 10.3. The number of carbonyl (C=O) groups is 3. The highest BCUT2D eigenvalue weighted by atomic mass is 16.6. The molecule has 204 valence electrons. The standard InChI is InChI=1S/C12H19NO4.C12H21NO3.2CH4/c1-7-6-9(8(2)16-10(7)14)13-11(15)17-12(3,4)5;1-8-6-10(9(2)15-7-8)13-11(14)16-12(3,4)5;;/h6,8-9H,1-5H3,(H,13,15);6,9-10H,7H2,1-5H3,(H,13,14);2*1H4/t8-,9-;9-,10-;;/m11../s1. The number of rotatable bonds is 2. The second kappa shape index (κ2) is 14.1. The van der Waals surface area contributed by atoms with Crippen LogP contribution < -0.4 is 10.6 Å². The number of carbonyl (C=O) groups excluding carboxylic acids is 3. The molecule has 0 aliphatic carbocycles. The minimum atomic E-state index is -0.544. The minimum absolute atomic E-state index is 0. The lowest BCUT2D eigenvalue weighted by Gasteiger charge is -2.29. The summed E-state index contributed by atoms with van der Waals surface area (Å²) in [5.74, 6) is -0.347. The Kier molecular flexibility index (Phi) is 14.0. The van der Waals surface area contributed by atoms with Gasteiger partial charge in [0.15, 0.2) is 0 Å². The molecule has 0 fully saturated rings. The number of cyclic esters (lactones) is 1. The molecule has 0 radical (unpaired) electrons. The average Bonchev–Trinajstić information content (AvgIpc) is 2.60. The number of alkyl carbamates (subject to hydrolysis) is 2. The molecule has 0 spiro atoms. The van der Waals surface area contributed by atoms with Crippen molar-refractivity contribution in [2.24, 2.45) is 0 Å². The van der Waals surface area contributed by atoms with Crippen molar-refractivity contribution < 1.29 is 33.3 Å². The first-order valence-corrected chi connectivity index (χ1v) is 11.1. The molecular weight excluding hydrogens is 452 g/mol. The van der Waals surface area contributed by atoms with Crippen LogP contribution in [0.1, 0.15) is 84.1 Å². The van der Waals surface area contributed by atoms with E-state index in [0.29, 0.717) is 12.2 Å². The topological polar surface area (TPSA) is 112 Å². The molecule has 9 heteroatoms. The third-order valence-corrected chi connectivity index (χ3v) is 4.46. The molecule has 0 saturated carbocycles. The molecule has 2 amide bonds. The summed E-state index contributed by atoms with van der Waals surface area (Å²) in [5, 5.41) is 5.45. The van der Waals surface area contributed by atoms with Crippen LogP contribution in [0.3, 0.4) is 0 Å². The van der Waals surface area contributed by atoms with Gasteiger partial charge in [0.25, 0.3) is 0 Å². The van der Waals surface area contributed by atoms with E-state index in [1.165, 1.54) is 0 Å². The average molecular weight is 501 g/mol. The molecule has 0 aromatic rings. The van der Waals surface area contributed by atoms with Crippen molar-refractivity contribution >= 4 is 18.2 Å². The van der Waals surface area contributed by atoms with Gasteiger partial charge in [0.2, 0.25) is 0 Å². The molecule has 0 saturated heterocycles. The molecule has 35 heavy (non-hydrogen) atoms. The van der Waals surface area contributed by atoms with Crippen LogP contribution in [-0.4, -0.2) is 60.3 Å². The fraction of sp³-hybridized carbons (Fsp3) is 0.731. The third-order valence-electron chi connectivity index (χ3n) is 4.46. The van der Waals surface area contributed by atoms with Crippen LogP contribution in [0.15, 0.2) is 23.3 Å². The predicted octanol–water partition coefficient (Wildman–Crippen LogP) is 5.29. The van der Waals surface area contributed by atoms with Gasteiger partial charge in [-0.1, -0.05) is 20.9 Å². The van der Waals surface area contributed by atoms with Crippen molar-refractivity contribution in [2.45, 2.75) is 120 Å². The first-order chi connectivity index (χ1) is 15.0. The number of nitrogens with one attached hydrogen (secondary N) is 2. The second-order valence-electron chi connectivity index (χ2n) is 10.3. The number of hydrogen-bond donors (Lipinski definition) is 2. The van der Waals surface area contributed by atoms with Gasteiger partial charge in [-0.2, -0.15) is 0 Å². The Balaban J connectivity index is 0. The molecule has 2 aliphatic rings. The van der Waals surface area contributed by atoms with Crippen LogP contribution in [0.2, 0.25) is 0 Å². The highest BCUT2D eigenvalue weighted by Gasteiger charge is 2.29. The summed E-state index contributed by atoms with van der Waals surface area (Å²) >= 11 is 0. The largest absolute Gasteiger partial charge is 0.457 e. The third kappa shape index (κ3) is 13.8. The number of esters is 1. The Bertz CT molecular complexity index is 776. The van der Waals surface area contributed by atoms with E-state index in [4.69, 9.17) is 18.9 Å². The number of ether oxygens (including phenoxy) is 4. The van der Waals surface area contributed by atoms with Crippen molar-refractivity contribution in [1.29, 1.82) is 0 Å². The first-order valence-electron chi connectivity index (χ1n) is 11.1. The minimum Gasteiger partial charge on any atom is -0.457 e. The maximum absolute atomic E-state index is 11.6. The highest BCUT2D eigenvalue weighted by molar-refractivity contribution is 5.89. The van der Waals surface area contributed by atoms with Crippen LogP contribution >= 0.6 is 0 Å². The normalized spacial score (nSPS) is 23.9. The Morgan fingerprint density at radius 1 is 0.857 bits per heavy atom. The van der Waals surface area contributed by atoms with Gasteiger partial charge in [0.1, 0.15) is 17.3 Å². The summed E-state index contributed by atoms with van der Waals surface area (Å²) in [7, 11) is 0. The number of hydrogen-bond acceptors (Lipinski definition) is 7. The van der Waals surface area contributed by atoms with E-state index in [9.17, 15) is 14.4 Å². The summed E-state index contributed by atoms with van der Waals surface area (Å²) in [6, 6.07) is -0.453. The van der Waals surface area contributed by atoms with Gasteiger partial charge in [0, 0.05) is 5.57 Å². The van der Waals surface area contributed by atoms with Crippen LogP contribution in [-0.2, 0) is 23.7 Å². The first kappa shape index (κ1) is 34.6. The van der Waals surface area contributed by atoms with Gasteiger partial charge in [-0.3, -0.25) is 0 Å². The Morgan fingerprint density at radius 2 is 1.29 bits per heavy atom. The van der Waals surface area contributed by atoms with Crippen LogP contribution in [0.4, 0.5) is 9.59 Å². The Hall–Kier alpha value is -2.55. The lowest BCUT2D eigenvalue weighted by atomic mass is 10.1. The fourth-order valence-corrected chi connectivity index (χ4v) is 2.87. The predicted molar refractivity (Wildman–Crippen MR) is 138 cm³/mol.